The molecule has 0 aromatic heterocycles. The molecule has 0 bridgehead atoms. The van der Waals surface area contributed by atoms with Crippen molar-refractivity contribution < 1.29 is 8.42 Å². The van der Waals surface area contributed by atoms with Gasteiger partial charge in [-0.3, -0.25) is 0 Å². The first-order chi connectivity index (χ1) is 5.95. The molecule has 0 spiro atoms. The van der Waals surface area contributed by atoms with Crippen LogP contribution < -0.4 is 5.32 Å². The minimum atomic E-state index is -2.91. The molecule has 1 unspecified atom stereocenters. The average molecular weight is 222 g/mol. The summed E-state index contributed by atoms with van der Waals surface area (Å²) in [5.41, 5.74) is 0. The SMILES string of the molecule is CNC(=S)N1CCC(S(C)(=O)=O)C1. The van der Waals surface area contributed by atoms with E-state index in [-0.39, 0.29) is 5.25 Å². The molecule has 0 aromatic carbocycles. The molecule has 1 N–H and O–H groups in total. The molecule has 4 nitrogen and oxygen atoms in total. The number of nitrogens with one attached hydrogen (secondary N) is 1. The second-order valence-corrected chi connectivity index (χ2v) is 5.95. The Morgan fingerprint density at radius 2 is 2.23 bits per heavy atom. The van der Waals surface area contributed by atoms with Crippen molar-refractivity contribution in [1.29, 1.82) is 0 Å². The molecule has 6 heteroatoms. The first-order valence-corrected chi connectivity index (χ1v) is 6.47. The summed E-state index contributed by atoms with van der Waals surface area (Å²) in [6.45, 7) is 1.26. The fraction of sp³-hybridized carbons (Fsp3) is 0.857. The van der Waals surface area contributed by atoms with Crippen molar-refractivity contribution >= 4 is 27.2 Å². The van der Waals surface area contributed by atoms with E-state index < -0.39 is 9.84 Å². The van der Waals surface area contributed by atoms with Gasteiger partial charge in [0.25, 0.3) is 0 Å². The maximum atomic E-state index is 11.2. The van der Waals surface area contributed by atoms with Crippen molar-refractivity contribution in [3.05, 3.63) is 0 Å². The first kappa shape index (κ1) is 10.7. The van der Waals surface area contributed by atoms with E-state index in [1.807, 2.05) is 4.90 Å². The lowest BCUT2D eigenvalue weighted by molar-refractivity contribution is 0.510. The number of hydrogen-bond acceptors (Lipinski definition) is 3. The summed E-state index contributed by atoms with van der Waals surface area (Å²) in [5, 5.41) is 3.22. The van der Waals surface area contributed by atoms with Gasteiger partial charge in [0.1, 0.15) is 0 Å². The summed E-state index contributed by atoms with van der Waals surface area (Å²) in [6.07, 6.45) is 1.96. The van der Waals surface area contributed by atoms with Crippen molar-refractivity contribution in [1.82, 2.24) is 10.2 Å². The first-order valence-electron chi connectivity index (χ1n) is 4.10. The quantitative estimate of drug-likeness (QED) is 0.612. The van der Waals surface area contributed by atoms with E-state index in [2.05, 4.69) is 5.32 Å². The second kappa shape index (κ2) is 3.79. The molecule has 0 saturated carbocycles. The Hall–Kier alpha value is -0.360. The minimum absolute atomic E-state index is 0.251. The molecule has 1 saturated heterocycles. The zero-order valence-electron chi connectivity index (χ0n) is 7.78. The van der Waals surface area contributed by atoms with Gasteiger partial charge < -0.3 is 10.2 Å². The largest absolute Gasteiger partial charge is 0.366 e. The maximum absolute atomic E-state index is 11.2. The Kier molecular flexibility index (Phi) is 3.13. The van der Waals surface area contributed by atoms with Crippen LogP contribution in [0.15, 0.2) is 0 Å². The normalized spacial score (nSPS) is 23.2. The molecule has 0 amide bonds. The van der Waals surface area contributed by atoms with Gasteiger partial charge in [0, 0.05) is 26.4 Å². The summed E-state index contributed by atoms with van der Waals surface area (Å²) >= 11 is 5.01. The average Bonchev–Trinajstić information content (AvgIpc) is 2.50. The fourth-order valence-electron chi connectivity index (χ4n) is 1.42. The summed E-state index contributed by atoms with van der Waals surface area (Å²) < 4.78 is 22.4. The third-order valence-electron chi connectivity index (χ3n) is 2.25. The molecule has 1 aliphatic rings. The van der Waals surface area contributed by atoms with Crippen LogP contribution in [0.1, 0.15) is 6.42 Å². The van der Waals surface area contributed by atoms with E-state index in [1.54, 1.807) is 7.05 Å². The van der Waals surface area contributed by atoms with E-state index in [0.29, 0.717) is 18.1 Å². The highest BCUT2D eigenvalue weighted by atomic mass is 32.2. The van der Waals surface area contributed by atoms with Crippen LogP contribution in [0.2, 0.25) is 0 Å². The molecule has 1 aliphatic heterocycles. The number of likely N-dealkylation sites (tertiary alicyclic amines) is 1. The predicted octanol–water partition coefficient (Wildman–Crippen LogP) is -0.390. The Morgan fingerprint density at radius 3 is 2.62 bits per heavy atom. The van der Waals surface area contributed by atoms with Crippen molar-refractivity contribution in [3.8, 4) is 0 Å². The van der Waals surface area contributed by atoms with Crippen LogP contribution >= 0.6 is 12.2 Å². The van der Waals surface area contributed by atoms with Crippen LogP contribution in [0.25, 0.3) is 0 Å². The molecule has 1 fully saturated rings. The standard InChI is InChI=1S/C7H14N2O2S2/c1-8-7(12)9-4-3-6(5-9)13(2,10)11/h6H,3-5H2,1-2H3,(H,8,12). The van der Waals surface area contributed by atoms with Crippen LogP contribution in [0.5, 0.6) is 0 Å². The van der Waals surface area contributed by atoms with Crippen LogP contribution in [0.4, 0.5) is 0 Å². The van der Waals surface area contributed by atoms with Crippen molar-refractivity contribution in [2.75, 3.05) is 26.4 Å². The monoisotopic (exact) mass is 222 g/mol. The number of sulfone groups is 1. The summed E-state index contributed by atoms with van der Waals surface area (Å²) in [7, 11) is -1.16. The molecule has 1 heterocycles. The van der Waals surface area contributed by atoms with Gasteiger partial charge in [-0.2, -0.15) is 0 Å². The van der Waals surface area contributed by atoms with Crippen LogP contribution in [-0.2, 0) is 9.84 Å². The molecule has 0 aromatic rings. The summed E-state index contributed by atoms with van der Waals surface area (Å²) in [4.78, 5) is 1.89. The lowest BCUT2D eigenvalue weighted by Crippen LogP contribution is -2.37. The van der Waals surface area contributed by atoms with E-state index in [1.165, 1.54) is 6.26 Å². The number of nitrogens with zero attached hydrogens (tertiary/aromatic N) is 1. The van der Waals surface area contributed by atoms with Crippen LogP contribution in [0, 0.1) is 0 Å². The molecule has 1 rings (SSSR count). The topological polar surface area (TPSA) is 49.4 Å². The molecule has 0 radical (unpaired) electrons. The van der Waals surface area contributed by atoms with Gasteiger partial charge >= 0.3 is 0 Å². The molecule has 76 valence electrons. The van der Waals surface area contributed by atoms with Crippen molar-refractivity contribution in [3.63, 3.8) is 0 Å². The van der Waals surface area contributed by atoms with Gasteiger partial charge in [-0.1, -0.05) is 0 Å². The lowest BCUT2D eigenvalue weighted by Gasteiger charge is -2.18. The Balaban J connectivity index is 2.60. The van der Waals surface area contributed by atoms with E-state index in [9.17, 15) is 8.42 Å². The zero-order valence-corrected chi connectivity index (χ0v) is 9.41. The molecule has 13 heavy (non-hydrogen) atoms. The van der Waals surface area contributed by atoms with Crippen molar-refractivity contribution in [2.45, 2.75) is 11.7 Å². The van der Waals surface area contributed by atoms with Gasteiger partial charge in [-0.15, -0.1) is 0 Å². The summed E-state index contributed by atoms with van der Waals surface area (Å²) in [6, 6.07) is 0. The fourth-order valence-corrected chi connectivity index (χ4v) is 2.57. The highest BCUT2D eigenvalue weighted by Gasteiger charge is 2.30. The highest BCUT2D eigenvalue weighted by Crippen LogP contribution is 2.15. The molecule has 0 aliphatic carbocycles. The number of rotatable bonds is 1. The molecular weight excluding hydrogens is 208 g/mol. The van der Waals surface area contributed by atoms with E-state index in [0.717, 1.165) is 6.54 Å². The van der Waals surface area contributed by atoms with Gasteiger partial charge in [-0.05, 0) is 18.6 Å². The summed E-state index contributed by atoms with van der Waals surface area (Å²) in [5.74, 6) is 0. The van der Waals surface area contributed by atoms with Gasteiger partial charge in [-0.25, -0.2) is 8.42 Å². The maximum Gasteiger partial charge on any atom is 0.168 e. The third-order valence-corrected chi connectivity index (χ3v) is 4.31. The Morgan fingerprint density at radius 1 is 1.62 bits per heavy atom. The smallest absolute Gasteiger partial charge is 0.168 e. The second-order valence-electron chi connectivity index (χ2n) is 3.24. The lowest BCUT2D eigenvalue weighted by atomic mass is 10.4. The number of hydrogen-bond donors (Lipinski definition) is 1. The Labute approximate surface area is 84.2 Å². The zero-order chi connectivity index (χ0) is 10.1. The van der Waals surface area contributed by atoms with Crippen LogP contribution in [0.3, 0.4) is 0 Å². The molecular formula is C7H14N2O2S2. The minimum Gasteiger partial charge on any atom is -0.366 e. The highest BCUT2D eigenvalue weighted by molar-refractivity contribution is 7.91. The van der Waals surface area contributed by atoms with Crippen LogP contribution in [-0.4, -0.2) is 50.1 Å². The van der Waals surface area contributed by atoms with E-state index >= 15 is 0 Å². The molecule has 1 atom stereocenters. The predicted molar refractivity (Wildman–Crippen MR) is 56.5 cm³/mol. The number of thiocarbonyl (C=S) groups is 1. The third kappa shape index (κ3) is 2.54. The Bertz CT molecular complexity index is 300. The van der Waals surface area contributed by atoms with Crippen molar-refractivity contribution in [2.24, 2.45) is 0 Å². The van der Waals surface area contributed by atoms with Gasteiger partial charge in [0.05, 0.1) is 5.25 Å². The van der Waals surface area contributed by atoms with E-state index in [4.69, 9.17) is 12.2 Å². The van der Waals surface area contributed by atoms with Gasteiger partial charge in [0.2, 0.25) is 0 Å². The van der Waals surface area contributed by atoms with Gasteiger partial charge in [0.15, 0.2) is 14.9 Å².